The average molecular weight is 251 g/mol. The molecule has 0 fully saturated rings. The van der Waals surface area contributed by atoms with Gasteiger partial charge in [0.05, 0.1) is 0 Å². The molecule has 0 heterocycles. The first-order chi connectivity index (χ1) is 8.45. The number of aliphatic carboxylic acids is 1. The Morgan fingerprint density at radius 3 is 2.67 bits per heavy atom. The van der Waals surface area contributed by atoms with E-state index in [-0.39, 0.29) is 6.54 Å². The molecule has 1 amide bonds. The zero-order valence-corrected chi connectivity index (χ0v) is 10.0. The first-order valence-electron chi connectivity index (χ1n) is 5.33. The van der Waals surface area contributed by atoms with E-state index in [1.54, 1.807) is 6.92 Å². The Labute approximate surface area is 104 Å². The fraction of sp³-hybridized carbons (Fsp3) is 0.231. The predicted molar refractivity (Wildman–Crippen MR) is 64.9 cm³/mol. The van der Waals surface area contributed by atoms with Gasteiger partial charge >= 0.3 is 5.97 Å². The van der Waals surface area contributed by atoms with E-state index in [1.165, 1.54) is 24.3 Å². The molecule has 0 aliphatic rings. The monoisotopic (exact) mass is 251 g/mol. The highest BCUT2D eigenvalue weighted by molar-refractivity contribution is 5.97. The van der Waals surface area contributed by atoms with E-state index in [0.717, 1.165) is 4.90 Å². The van der Waals surface area contributed by atoms with Crippen LogP contribution >= 0.6 is 0 Å². The third-order valence-corrected chi connectivity index (χ3v) is 2.38. The highest BCUT2D eigenvalue weighted by Gasteiger charge is 2.19. The number of rotatable bonds is 5. The van der Waals surface area contributed by atoms with Gasteiger partial charge in [-0.25, -0.2) is 4.39 Å². The van der Waals surface area contributed by atoms with E-state index in [1.807, 2.05) is 0 Å². The second-order valence-corrected chi connectivity index (χ2v) is 3.83. The van der Waals surface area contributed by atoms with Crippen molar-refractivity contribution in [1.82, 2.24) is 4.90 Å². The smallest absolute Gasteiger partial charge is 0.323 e. The number of carbonyl (C=O) groups is 2. The van der Waals surface area contributed by atoms with Gasteiger partial charge in [0.15, 0.2) is 0 Å². The molecule has 96 valence electrons. The lowest BCUT2D eigenvalue weighted by molar-refractivity contribution is -0.137. The number of halogens is 1. The number of hydrogen-bond acceptors (Lipinski definition) is 2. The standard InChI is InChI=1S/C13H14FNO3/c1-3-6-15(8-12(16)17)13(18)11-5-4-10(14)7-9(11)2/h3-5,7H,1,6,8H2,2H3,(H,16,17). The number of aryl methyl sites for hydroxylation is 1. The molecule has 0 aromatic heterocycles. The summed E-state index contributed by atoms with van der Waals surface area (Å²) < 4.78 is 12.9. The van der Waals surface area contributed by atoms with E-state index in [9.17, 15) is 14.0 Å². The summed E-state index contributed by atoms with van der Waals surface area (Å²) in [5.74, 6) is -1.99. The summed E-state index contributed by atoms with van der Waals surface area (Å²) in [4.78, 5) is 23.9. The topological polar surface area (TPSA) is 57.6 Å². The number of carboxylic acid groups (broad SMARTS) is 1. The maximum Gasteiger partial charge on any atom is 0.323 e. The van der Waals surface area contributed by atoms with Crippen LogP contribution in [-0.2, 0) is 4.79 Å². The van der Waals surface area contributed by atoms with Crippen molar-refractivity contribution in [3.8, 4) is 0 Å². The van der Waals surface area contributed by atoms with Gasteiger partial charge in [0.2, 0.25) is 0 Å². The Hall–Kier alpha value is -2.17. The first-order valence-corrected chi connectivity index (χ1v) is 5.33. The van der Waals surface area contributed by atoms with E-state index in [0.29, 0.717) is 11.1 Å². The molecule has 1 aromatic carbocycles. The van der Waals surface area contributed by atoms with Crippen LogP contribution in [-0.4, -0.2) is 35.0 Å². The molecule has 1 rings (SSSR count). The van der Waals surface area contributed by atoms with Crippen LogP contribution in [0.25, 0.3) is 0 Å². The average Bonchev–Trinajstić information content (AvgIpc) is 2.27. The Morgan fingerprint density at radius 1 is 1.50 bits per heavy atom. The molecule has 0 saturated carbocycles. The van der Waals surface area contributed by atoms with E-state index in [2.05, 4.69) is 6.58 Å². The second-order valence-electron chi connectivity index (χ2n) is 3.83. The van der Waals surface area contributed by atoms with Crippen molar-refractivity contribution in [1.29, 1.82) is 0 Å². The van der Waals surface area contributed by atoms with Crippen molar-refractivity contribution in [3.63, 3.8) is 0 Å². The summed E-state index contributed by atoms with van der Waals surface area (Å²) in [6.45, 7) is 4.79. The molecule has 0 spiro atoms. The first kappa shape index (κ1) is 13.9. The minimum atomic E-state index is -1.11. The third-order valence-electron chi connectivity index (χ3n) is 2.38. The van der Waals surface area contributed by atoms with Gasteiger partial charge in [0.25, 0.3) is 5.91 Å². The highest BCUT2D eigenvalue weighted by Crippen LogP contribution is 2.13. The lowest BCUT2D eigenvalue weighted by atomic mass is 10.1. The second kappa shape index (κ2) is 5.95. The summed E-state index contributed by atoms with van der Waals surface area (Å²) >= 11 is 0. The molecule has 0 radical (unpaired) electrons. The van der Waals surface area contributed by atoms with Crippen molar-refractivity contribution in [2.24, 2.45) is 0 Å². The fourth-order valence-corrected chi connectivity index (χ4v) is 1.58. The number of benzene rings is 1. The van der Waals surface area contributed by atoms with Crippen LogP contribution < -0.4 is 0 Å². The summed E-state index contributed by atoms with van der Waals surface area (Å²) in [6.07, 6.45) is 1.44. The van der Waals surface area contributed by atoms with Crippen LogP contribution in [0.3, 0.4) is 0 Å². The van der Waals surface area contributed by atoms with E-state index >= 15 is 0 Å². The Balaban J connectivity index is 3.01. The van der Waals surface area contributed by atoms with Crippen molar-refractivity contribution >= 4 is 11.9 Å². The van der Waals surface area contributed by atoms with Gasteiger partial charge in [-0.1, -0.05) is 6.08 Å². The molecular weight excluding hydrogens is 237 g/mol. The van der Waals surface area contributed by atoms with Crippen molar-refractivity contribution < 1.29 is 19.1 Å². The zero-order valence-electron chi connectivity index (χ0n) is 10.0. The van der Waals surface area contributed by atoms with Gasteiger partial charge in [-0.05, 0) is 30.7 Å². The Bertz CT molecular complexity index is 485. The molecule has 0 atom stereocenters. The minimum absolute atomic E-state index is 0.127. The third kappa shape index (κ3) is 3.41. The number of carbonyl (C=O) groups excluding carboxylic acids is 1. The molecule has 0 saturated heterocycles. The van der Waals surface area contributed by atoms with Crippen LogP contribution in [0, 0.1) is 12.7 Å². The molecule has 18 heavy (non-hydrogen) atoms. The lowest BCUT2D eigenvalue weighted by Crippen LogP contribution is -2.36. The molecule has 5 heteroatoms. The molecule has 1 aromatic rings. The summed E-state index contributed by atoms with van der Waals surface area (Å²) in [6, 6.07) is 3.76. The predicted octanol–water partition coefficient (Wildman–Crippen LogP) is 1.85. The lowest BCUT2D eigenvalue weighted by Gasteiger charge is -2.19. The summed E-state index contributed by atoms with van der Waals surface area (Å²) in [5.41, 5.74) is 0.763. The largest absolute Gasteiger partial charge is 0.480 e. The van der Waals surface area contributed by atoms with Crippen LogP contribution in [0.15, 0.2) is 30.9 Å². The molecule has 4 nitrogen and oxygen atoms in total. The van der Waals surface area contributed by atoms with Gasteiger partial charge in [-0.3, -0.25) is 9.59 Å². The van der Waals surface area contributed by atoms with Gasteiger partial charge in [-0.15, -0.1) is 6.58 Å². The minimum Gasteiger partial charge on any atom is -0.480 e. The van der Waals surface area contributed by atoms with E-state index < -0.39 is 24.2 Å². The molecule has 0 bridgehead atoms. The Morgan fingerprint density at radius 2 is 2.17 bits per heavy atom. The van der Waals surface area contributed by atoms with Crippen LogP contribution in [0.1, 0.15) is 15.9 Å². The van der Waals surface area contributed by atoms with Crippen molar-refractivity contribution in [3.05, 3.63) is 47.8 Å². The quantitative estimate of drug-likeness (QED) is 0.812. The molecule has 0 aliphatic heterocycles. The molecule has 1 N–H and O–H groups in total. The van der Waals surface area contributed by atoms with E-state index in [4.69, 9.17) is 5.11 Å². The van der Waals surface area contributed by atoms with Crippen LogP contribution in [0.4, 0.5) is 4.39 Å². The maximum absolute atomic E-state index is 12.9. The van der Waals surface area contributed by atoms with Gasteiger partial charge in [-0.2, -0.15) is 0 Å². The van der Waals surface area contributed by atoms with Gasteiger partial charge in [0, 0.05) is 12.1 Å². The molecule has 0 aliphatic carbocycles. The van der Waals surface area contributed by atoms with Crippen LogP contribution in [0.5, 0.6) is 0 Å². The summed E-state index contributed by atoms with van der Waals surface area (Å²) in [7, 11) is 0. The maximum atomic E-state index is 12.9. The van der Waals surface area contributed by atoms with Crippen molar-refractivity contribution in [2.75, 3.05) is 13.1 Å². The zero-order chi connectivity index (χ0) is 13.7. The summed E-state index contributed by atoms with van der Waals surface area (Å²) in [5, 5.41) is 8.73. The van der Waals surface area contributed by atoms with Gasteiger partial charge in [0.1, 0.15) is 12.4 Å². The van der Waals surface area contributed by atoms with Crippen molar-refractivity contribution in [2.45, 2.75) is 6.92 Å². The van der Waals surface area contributed by atoms with Gasteiger partial charge < -0.3 is 10.0 Å². The molecule has 0 unspecified atom stereocenters. The number of amides is 1. The fourth-order valence-electron chi connectivity index (χ4n) is 1.58. The number of carboxylic acids is 1. The highest BCUT2D eigenvalue weighted by atomic mass is 19.1. The Kier molecular flexibility index (Phi) is 4.59. The van der Waals surface area contributed by atoms with Crippen LogP contribution in [0.2, 0.25) is 0 Å². The molecular formula is C13H14FNO3. The number of nitrogens with zero attached hydrogens (tertiary/aromatic N) is 1. The SMILES string of the molecule is C=CCN(CC(=O)O)C(=O)c1ccc(F)cc1C. The number of hydrogen-bond donors (Lipinski definition) is 1. The normalized spacial score (nSPS) is 9.89.